The third-order valence-electron chi connectivity index (χ3n) is 4.10. The molecule has 21 heavy (non-hydrogen) atoms. The van der Waals surface area contributed by atoms with Crippen LogP contribution in [0.1, 0.15) is 42.3 Å². The Balaban J connectivity index is 1.64. The highest BCUT2D eigenvalue weighted by Crippen LogP contribution is 2.34. The summed E-state index contributed by atoms with van der Waals surface area (Å²) >= 11 is 1.37. The first kappa shape index (κ1) is 14.6. The molecule has 1 aromatic rings. The van der Waals surface area contributed by atoms with E-state index in [9.17, 15) is 4.79 Å². The lowest BCUT2D eigenvalue weighted by molar-refractivity contribution is 0.0942. The topological polar surface area (TPSA) is 97.3 Å². The number of thiazole rings is 1. The quantitative estimate of drug-likeness (QED) is 0.759. The van der Waals surface area contributed by atoms with Crippen molar-refractivity contribution >= 4 is 28.2 Å². The molecule has 1 amide bonds. The number of nitrogens with zero attached hydrogens (tertiary/aromatic N) is 2. The number of aromatic nitrogens is 1. The van der Waals surface area contributed by atoms with Crippen molar-refractivity contribution in [1.29, 1.82) is 0 Å². The van der Waals surface area contributed by atoms with Crippen LogP contribution in [-0.2, 0) is 0 Å². The molecule has 1 aliphatic heterocycles. The van der Waals surface area contributed by atoms with Crippen molar-refractivity contribution in [2.24, 2.45) is 11.7 Å². The molecule has 0 radical (unpaired) electrons. The zero-order valence-corrected chi connectivity index (χ0v) is 13.2. The zero-order chi connectivity index (χ0) is 15.0. The lowest BCUT2D eigenvalue weighted by atomic mass is 10.1. The number of nitrogen functional groups attached to an aromatic ring is 1. The van der Waals surface area contributed by atoms with Crippen molar-refractivity contribution in [2.75, 3.05) is 23.7 Å². The molecule has 3 rings (SSSR count). The molecule has 2 aliphatic rings. The minimum absolute atomic E-state index is 0.104. The monoisotopic (exact) mass is 309 g/mol. The van der Waals surface area contributed by atoms with E-state index in [0.29, 0.717) is 10.7 Å². The summed E-state index contributed by atoms with van der Waals surface area (Å²) in [5.74, 6) is 1.01. The average Bonchev–Trinajstić information content (AvgIpc) is 2.97. The van der Waals surface area contributed by atoms with Crippen LogP contribution in [0.5, 0.6) is 0 Å². The van der Waals surface area contributed by atoms with Gasteiger partial charge in [-0.3, -0.25) is 4.79 Å². The van der Waals surface area contributed by atoms with Crippen LogP contribution in [0.4, 0.5) is 10.9 Å². The van der Waals surface area contributed by atoms with Crippen LogP contribution in [0, 0.1) is 5.92 Å². The van der Waals surface area contributed by atoms with Gasteiger partial charge in [0.15, 0.2) is 5.13 Å². The second kappa shape index (κ2) is 5.81. The highest BCUT2D eigenvalue weighted by Gasteiger charge is 2.27. The molecule has 2 unspecified atom stereocenters. The number of hydrogen-bond acceptors (Lipinski definition) is 6. The van der Waals surface area contributed by atoms with Gasteiger partial charge in [0, 0.05) is 25.2 Å². The second-order valence-electron chi connectivity index (χ2n) is 6.26. The van der Waals surface area contributed by atoms with Crippen LogP contribution in [0.3, 0.4) is 0 Å². The van der Waals surface area contributed by atoms with Crippen LogP contribution in [0.2, 0.25) is 0 Å². The van der Waals surface area contributed by atoms with Crippen LogP contribution >= 0.6 is 11.3 Å². The van der Waals surface area contributed by atoms with Gasteiger partial charge < -0.3 is 21.7 Å². The number of nitrogens with one attached hydrogen (secondary N) is 1. The summed E-state index contributed by atoms with van der Waals surface area (Å²) in [5, 5.41) is 3.84. The molecular weight excluding hydrogens is 286 g/mol. The van der Waals surface area contributed by atoms with Gasteiger partial charge in [0.1, 0.15) is 10.7 Å². The van der Waals surface area contributed by atoms with Crippen molar-refractivity contribution in [3.8, 4) is 0 Å². The zero-order valence-electron chi connectivity index (χ0n) is 12.3. The predicted molar refractivity (Wildman–Crippen MR) is 85.6 cm³/mol. The van der Waals surface area contributed by atoms with Gasteiger partial charge in [-0.15, -0.1) is 0 Å². The number of anilines is 2. The van der Waals surface area contributed by atoms with E-state index < -0.39 is 0 Å². The Labute approximate surface area is 128 Å². The van der Waals surface area contributed by atoms with Gasteiger partial charge >= 0.3 is 0 Å². The number of amides is 1. The van der Waals surface area contributed by atoms with Gasteiger partial charge in [-0.2, -0.15) is 0 Å². The summed E-state index contributed by atoms with van der Waals surface area (Å²) in [6, 6.07) is 0.376. The molecule has 0 aromatic carbocycles. The lowest BCUT2D eigenvalue weighted by Gasteiger charge is -2.13. The number of rotatable bonds is 5. The van der Waals surface area contributed by atoms with Gasteiger partial charge in [-0.25, -0.2) is 4.98 Å². The van der Waals surface area contributed by atoms with Gasteiger partial charge in [0.25, 0.3) is 5.91 Å². The van der Waals surface area contributed by atoms with Crippen LogP contribution in [0.25, 0.3) is 0 Å². The van der Waals surface area contributed by atoms with Crippen LogP contribution < -0.4 is 21.7 Å². The highest BCUT2D eigenvalue weighted by molar-refractivity contribution is 7.18. The molecule has 6 nitrogen and oxygen atoms in total. The lowest BCUT2D eigenvalue weighted by Crippen LogP contribution is -2.32. The third kappa shape index (κ3) is 3.47. The Kier molecular flexibility index (Phi) is 4.03. The Morgan fingerprint density at radius 2 is 2.29 bits per heavy atom. The van der Waals surface area contributed by atoms with Crippen molar-refractivity contribution in [3.05, 3.63) is 4.88 Å². The summed E-state index contributed by atoms with van der Waals surface area (Å²) in [6.07, 6.45) is 4.60. The van der Waals surface area contributed by atoms with Crippen molar-refractivity contribution in [2.45, 2.75) is 44.7 Å². The second-order valence-corrected chi connectivity index (χ2v) is 7.24. The van der Waals surface area contributed by atoms with Crippen LogP contribution in [0.15, 0.2) is 0 Å². The molecule has 2 atom stereocenters. The standard InChI is InChI=1S/C14H23N5OS/c1-8(6-9-2-3-9)17-13(20)11-12(16)18-14(21-11)19-5-4-10(15)7-19/h8-10H,2-7,15-16H2,1H3,(H,17,20). The maximum absolute atomic E-state index is 12.3. The number of nitrogens with two attached hydrogens (primary N) is 2. The van der Waals surface area contributed by atoms with Gasteiger partial charge in [0.05, 0.1) is 0 Å². The first-order valence-corrected chi connectivity index (χ1v) is 8.42. The fourth-order valence-electron chi connectivity index (χ4n) is 2.78. The summed E-state index contributed by atoms with van der Waals surface area (Å²) in [4.78, 5) is 19.3. The Morgan fingerprint density at radius 3 is 2.90 bits per heavy atom. The van der Waals surface area contributed by atoms with E-state index in [2.05, 4.69) is 15.2 Å². The molecule has 0 bridgehead atoms. The summed E-state index contributed by atoms with van der Waals surface area (Å²) < 4.78 is 0. The van der Waals surface area contributed by atoms with Crippen molar-refractivity contribution in [1.82, 2.24) is 10.3 Å². The van der Waals surface area contributed by atoms with E-state index >= 15 is 0 Å². The Bertz CT molecular complexity index is 527. The smallest absolute Gasteiger partial charge is 0.265 e. The molecule has 116 valence electrons. The highest BCUT2D eigenvalue weighted by atomic mass is 32.1. The maximum Gasteiger partial charge on any atom is 0.265 e. The van der Waals surface area contributed by atoms with E-state index in [4.69, 9.17) is 11.5 Å². The fourth-order valence-corrected chi connectivity index (χ4v) is 3.70. The molecule has 1 saturated heterocycles. The number of carbonyl (C=O) groups excluding carboxylic acids is 1. The molecule has 2 heterocycles. The molecule has 1 saturated carbocycles. The van der Waals surface area contributed by atoms with E-state index in [1.807, 2.05) is 6.92 Å². The van der Waals surface area contributed by atoms with E-state index in [-0.39, 0.29) is 18.0 Å². The molecule has 1 aliphatic carbocycles. The Hall–Kier alpha value is -1.34. The fraction of sp³-hybridized carbons (Fsp3) is 0.714. The first-order chi connectivity index (χ1) is 10.0. The normalized spacial score (nSPS) is 23.3. The maximum atomic E-state index is 12.3. The first-order valence-electron chi connectivity index (χ1n) is 7.60. The van der Waals surface area contributed by atoms with E-state index in [0.717, 1.165) is 37.0 Å². The van der Waals surface area contributed by atoms with Crippen molar-refractivity contribution in [3.63, 3.8) is 0 Å². The van der Waals surface area contributed by atoms with Gasteiger partial charge in [-0.1, -0.05) is 24.2 Å². The minimum atomic E-state index is -0.104. The molecule has 2 fully saturated rings. The molecule has 1 aromatic heterocycles. The largest absolute Gasteiger partial charge is 0.382 e. The minimum Gasteiger partial charge on any atom is -0.382 e. The van der Waals surface area contributed by atoms with Gasteiger partial charge in [0.2, 0.25) is 0 Å². The van der Waals surface area contributed by atoms with Crippen LogP contribution in [-0.4, -0.2) is 36.1 Å². The average molecular weight is 309 g/mol. The van der Waals surface area contributed by atoms with E-state index in [1.165, 1.54) is 24.2 Å². The molecule has 7 heteroatoms. The molecule has 0 spiro atoms. The molecular formula is C14H23N5OS. The van der Waals surface area contributed by atoms with E-state index in [1.54, 1.807) is 0 Å². The summed E-state index contributed by atoms with van der Waals surface area (Å²) in [6.45, 7) is 3.72. The number of carbonyl (C=O) groups is 1. The molecule has 5 N–H and O–H groups in total. The van der Waals surface area contributed by atoms with Crippen molar-refractivity contribution < 1.29 is 4.79 Å². The van der Waals surface area contributed by atoms with Gasteiger partial charge in [-0.05, 0) is 25.7 Å². The summed E-state index contributed by atoms with van der Waals surface area (Å²) in [7, 11) is 0. The third-order valence-corrected chi connectivity index (χ3v) is 5.24. The Morgan fingerprint density at radius 1 is 1.52 bits per heavy atom. The number of hydrogen-bond donors (Lipinski definition) is 3. The SMILES string of the molecule is CC(CC1CC1)NC(=O)c1sc(N2CCC(N)C2)nc1N. The predicted octanol–water partition coefficient (Wildman–Crippen LogP) is 1.18. The summed E-state index contributed by atoms with van der Waals surface area (Å²) in [5.41, 5.74) is 11.8.